The number of aliphatic imine (C=N–C) groups is 1. The molecule has 2 N–H and O–H groups in total. The molecule has 4 heteroatoms. The van der Waals surface area contributed by atoms with Gasteiger partial charge in [0.05, 0.1) is 0 Å². The summed E-state index contributed by atoms with van der Waals surface area (Å²) in [4.78, 5) is 15.6. The predicted octanol–water partition coefficient (Wildman–Crippen LogP) is 0.495. The molecule has 1 rings (SSSR count). The molecule has 13 heavy (non-hydrogen) atoms. The second-order valence-corrected chi connectivity index (χ2v) is 3.95. The van der Waals surface area contributed by atoms with Gasteiger partial charge in [-0.25, -0.2) is 4.99 Å². The van der Waals surface area contributed by atoms with Crippen LogP contribution in [0.5, 0.6) is 0 Å². The van der Waals surface area contributed by atoms with Crippen LogP contribution < -0.4 is 10.6 Å². The Balaban J connectivity index is 2.61. The summed E-state index contributed by atoms with van der Waals surface area (Å²) >= 11 is 0. The maximum Gasteiger partial charge on any atom is 0.251 e. The van der Waals surface area contributed by atoms with Gasteiger partial charge >= 0.3 is 0 Å². The molecule has 1 heterocycles. The van der Waals surface area contributed by atoms with E-state index in [1.807, 2.05) is 27.7 Å². The lowest BCUT2D eigenvalue weighted by molar-refractivity contribution is -0.120. The second-order valence-electron chi connectivity index (χ2n) is 3.95. The summed E-state index contributed by atoms with van der Waals surface area (Å²) < 4.78 is 0. The first kappa shape index (κ1) is 10.0. The Hall–Kier alpha value is -1.06. The first-order valence-corrected chi connectivity index (χ1v) is 4.66. The van der Waals surface area contributed by atoms with Crippen LogP contribution in [0.1, 0.15) is 27.7 Å². The first-order chi connectivity index (χ1) is 6.00. The zero-order valence-electron chi connectivity index (χ0n) is 8.59. The van der Waals surface area contributed by atoms with E-state index in [1.165, 1.54) is 0 Å². The third-order valence-electron chi connectivity index (χ3n) is 1.84. The Bertz CT molecular complexity index is 233. The molecule has 0 radical (unpaired) electrons. The van der Waals surface area contributed by atoms with Gasteiger partial charge in [0.15, 0.2) is 5.96 Å². The molecule has 0 bridgehead atoms. The summed E-state index contributed by atoms with van der Waals surface area (Å²) in [6.45, 7) is 8.01. The highest BCUT2D eigenvalue weighted by atomic mass is 16.2. The van der Waals surface area contributed by atoms with Gasteiger partial charge in [-0.3, -0.25) is 10.1 Å². The van der Waals surface area contributed by atoms with Crippen molar-refractivity contribution in [2.75, 3.05) is 0 Å². The molecule has 1 unspecified atom stereocenters. The number of amides is 1. The van der Waals surface area contributed by atoms with Gasteiger partial charge in [-0.05, 0) is 19.8 Å². The van der Waals surface area contributed by atoms with Gasteiger partial charge in [-0.2, -0.15) is 0 Å². The molecule has 0 aromatic carbocycles. The third-order valence-corrected chi connectivity index (χ3v) is 1.84. The molecule has 0 aliphatic carbocycles. The lowest BCUT2D eigenvalue weighted by Crippen LogP contribution is -2.40. The molecule has 1 aliphatic rings. The van der Waals surface area contributed by atoms with E-state index in [4.69, 9.17) is 0 Å². The van der Waals surface area contributed by atoms with E-state index in [-0.39, 0.29) is 17.9 Å². The molecule has 1 amide bonds. The minimum Gasteiger partial charge on any atom is -0.354 e. The van der Waals surface area contributed by atoms with Crippen LogP contribution in [0, 0.1) is 5.92 Å². The molecule has 0 saturated heterocycles. The highest BCUT2D eigenvalue weighted by Crippen LogP contribution is 2.10. The van der Waals surface area contributed by atoms with E-state index >= 15 is 0 Å². The van der Waals surface area contributed by atoms with E-state index in [1.54, 1.807) is 0 Å². The summed E-state index contributed by atoms with van der Waals surface area (Å²) in [5, 5.41) is 5.79. The van der Waals surface area contributed by atoms with E-state index in [0.29, 0.717) is 12.0 Å². The SMILES string of the molecule is CC(C)NC1=NC(C(C)C)C(=O)N1. The fourth-order valence-electron chi connectivity index (χ4n) is 1.22. The van der Waals surface area contributed by atoms with Gasteiger partial charge in [0.2, 0.25) is 0 Å². The van der Waals surface area contributed by atoms with Crippen molar-refractivity contribution in [3.63, 3.8) is 0 Å². The maximum absolute atomic E-state index is 11.3. The first-order valence-electron chi connectivity index (χ1n) is 4.66. The third kappa shape index (κ3) is 2.44. The van der Waals surface area contributed by atoms with Crippen LogP contribution in [-0.4, -0.2) is 24.0 Å². The molecule has 74 valence electrons. The Labute approximate surface area is 78.8 Å². The van der Waals surface area contributed by atoms with Crippen molar-refractivity contribution >= 4 is 11.9 Å². The number of rotatable bonds is 2. The molecule has 1 atom stereocenters. The second kappa shape index (κ2) is 3.77. The van der Waals surface area contributed by atoms with Crippen molar-refractivity contribution in [3.05, 3.63) is 0 Å². The number of carbonyl (C=O) groups is 1. The molecule has 0 fully saturated rings. The van der Waals surface area contributed by atoms with E-state index in [2.05, 4.69) is 15.6 Å². The normalized spacial score (nSPS) is 22.2. The van der Waals surface area contributed by atoms with Crippen LogP contribution in [0.15, 0.2) is 4.99 Å². The van der Waals surface area contributed by atoms with Crippen molar-refractivity contribution < 1.29 is 4.79 Å². The number of guanidine groups is 1. The zero-order valence-corrected chi connectivity index (χ0v) is 8.59. The van der Waals surface area contributed by atoms with Gasteiger partial charge in [0.1, 0.15) is 6.04 Å². The number of carbonyl (C=O) groups excluding carboxylic acids is 1. The van der Waals surface area contributed by atoms with Crippen LogP contribution in [-0.2, 0) is 4.79 Å². The fraction of sp³-hybridized carbons (Fsp3) is 0.778. The van der Waals surface area contributed by atoms with Gasteiger partial charge in [0, 0.05) is 6.04 Å². The number of nitrogens with zero attached hydrogens (tertiary/aromatic N) is 1. The highest BCUT2D eigenvalue weighted by Gasteiger charge is 2.28. The molecular formula is C9H17N3O. The smallest absolute Gasteiger partial charge is 0.251 e. The Morgan fingerprint density at radius 1 is 1.38 bits per heavy atom. The van der Waals surface area contributed by atoms with E-state index < -0.39 is 0 Å². The van der Waals surface area contributed by atoms with Gasteiger partial charge < -0.3 is 5.32 Å². The van der Waals surface area contributed by atoms with Crippen molar-refractivity contribution in [2.45, 2.75) is 39.8 Å². The molecule has 4 nitrogen and oxygen atoms in total. The molecule has 1 aliphatic heterocycles. The van der Waals surface area contributed by atoms with Crippen molar-refractivity contribution in [3.8, 4) is 0 Å². The van der Waals surface area contributed by atoms with Crippen molar-refractivity contribution in [1.29, 1.82) is 0 Å². The lowest BCUT2D eigenvalue weighted by Gasteiger charge is -2.07. The summed E-state index contributed by atoms with van der Waals surface area (Å²) in [7, 11) is 0. The summed E-state index contributed by atoms with van der Waals surface area (Å²) in [5.74, 6) is 0.864. The minimum absolute atomic E-state index is 0.00171. The molecule has 0 spiro atoms. The van der Waals surface area contributed by atoms with Crippen LogP contribution in [0.4, 0.5) is 0 Å². The van der Waals surface area contributed by atoms with Gasteiger partial charge in [-0.15, -0.1) is 0 Å². The largest absolute Gasteiger partial charge is 0.354 e. The van der Waals surface area contributed by atoms with Crippen LogP contribution in [0.25, 0.3) is 0 Å². The standard InChI is InChI=1S/C9H17N3O/c1-5(2)7-8(13)12-9(11-7)10-6(3)4/h5-7H,1-4H3,(H2,10,11,12,13). The molecular weight excluding hydrogens is 166 g/mol. The number of hydrogen-bond acceptors (Lipinski definition) is 3. The topological polar surface area (TPSA) is 53.5 Å². The van der Waals surface area contributed by atoms with E-state index in [9.17, 15) is 4.79 Å². The van der Waals surface area contributed by atoms with Gasteiger partial charge in [0.25, 0.3) is 5.91 Å². The molecule has 0 aromatic heterocycles. The Kier molecular flexibility index (Phi) is 2.90. The average molecular weight is 183 g/mol. The summed E-state index contributed by atoms with van der Waals surface area (Å²) in [5.41, 5.74) is 0. The van der Waals surface area contributed by atoms with Crippen molar-refractivity contribution in [1.82, 2.24) is 10.6 Å². The molecule has 0 aromatic rings. The van der Waals surface area contributed by atoms with Crippen LogP contribution in [0.2, 0.25) is 0 Å². The van der Waals surface area contributed by atoms with Crippen LogP contribution >= 0.6 is 0 Å². The Morgan fingerprint density at radius 3 is 2.38 bits per heavy atom. The highest BCUT2D eigenvalue weighted by molar-refractivity contribution is 6.04. The quantitative estimate of drug-likeness (QED) is 0.655. The Morgan fingerprint density at radius 2 is 2.00 bits per heavy atom. The lowest BCUT2D eigenvalue weighted by atomic mass is 10.1. The molecule has 0 saturated carbocycles. The number of nitrogens with one attached hydrogen (secondary N) is 2. The number of hydrogen-bond donors (Lipinski definition) is 2. The summed E-state index contributed by atoms with van der Waals surface area (Å²) in [6, 6.07) is 0.0752. The predicted molar refractivity (Wildman–Crippen MR) is 52.5 cm³/mol. The van der Waals surface area contributed by atoms with Crippen molar-refractivity contribution in [2.24, 2.45) is 10.9 Å². The van der Waals surface area contributed by atoms with Gasteiger partial charge in [-0.1, -0.05) is 13.8 Å². The zero-order chi connectivity index (χ0) is 10.0. The maximum atomic E-state index is 11.3. The average Bonchev–Trinajstić information content (AvgIpc) is 2.29. The monoisotopic (exact) mass is 183 g/mol. The van der Waals surface area contributed by atoms with E-state index in [0.717, 1.165) is 0 Å². The summed E-state index contributed by atoms with van der Waals surface area (Å²) in [6.07, 6.45) is 0. The minimum atomic E-state index is -0.221. The van der Waals surface area contributed by atoms with Crippen LogP contribution in [0.3, 0.4) is 0 Å². The fourth-order valence-corrected chi connectivity index (χ4v) is 1.22.